The summed E-state index contributed by atoms with van der Waals surface area (Å²) in [7, 11) is -2.98. The molecule has 0 saturated heterocycles. The Morgan fingerprint density at radius 2 is 1.04 bits per heavy atom. The van der Waals surface area contributed by atoms with Crippen molar-refractivity contribution in [3.05, 3.63) is 164 Å². The van der Waals surface area contributed by atoms with Crippen LogP contribution in [0.2, 0.25) is 0 Å². The summed E-state index contributed by atoms with van der Waals surface area (Å²) in [4.78, 5) is 16.2. The van der Waals surface area contributed by atoms with E-state index in [2.05, 4.69) is 28.8 Å². The predicted octanol–water partition coefficient (Wildman–Crippen LogP) is 10.0. The normalized spacial score (nSPS) is 15.0. The summed E-state index contributed by atoms with van der Waals surface area (Å²) < 4.78 is 22.4. The average Bonchev–Trinajstić information content (AvgIpc) is 3.49. The van der Waals surface area contributed by atoms with E-state index >= 15 is 4.21 Å². The second-order valence-electron chi connectivity index (χ2n) is 11.6. The van der Waals surface area contributed by atoms with E-state index in [0.29, 0.717) is 28.2 Å². The summed E-state index contributed by atoms with van der Waals surface area (Å²) in [5, 5.41) is 1.04. The topological polar surface area (TPSA) is 73.0 Å². The van der Waals surface area contributed by atoms with Crippen LogP contribution in [-0.2, 0) is 9.73 Å². The molecule has 1 aliphatic heterocycles. The summed E-state index contributed by atoms with van der Waals surface area (Å²) in [5.74, 6) is 2.42. The van der Waals surface area contributed by atoms with Gasteiger partial charge in [-0.1, -0.05) is 127 Å². The maximum atomic E-state index is 15.1. The second kappa shape index (κ2) is 11.3. The van der Waals surface area contributed by atoms with Crippen molar-refractivity contribution in [3.63, 3.8) is 0 Å². The minimum atomic E-state index is -2.98. The molecule has 0 spiro atoms. The fraction of sp³-hybridized carbons (Fsp3) is 0. The molecule has 0 amide bonds. The van der Waals surface area contributed by atoms with Gasteiger partial charge in [0.2, 0.25) is 0 Å². The van der Waals surface area contributed by atoms with Gasteiger partial charge in [-0.25, -0.2) is 19.2 Å². The molecule has 228 valence electrons. The predicted molar refractivity (Wildman–Crippen MR) is 192 cm³/mol. The Bertz CT molecular complexity index is 2550. The smallest absolute Gasteiger partial charge is 0.164 e. The number of para-hydroxylation sites is 1. The Hall–Kier alpha value is -6.18. The first kappa shape index (κ1) is 28.1. The van der Waals surface area contributed by atoms with E-state index in [1.54, 1.807) is 0 Å². The monoisotopic (exact) mass is 637 g/mol. The van der Waals surface area contributed by atoms with Gasteiger partial charge in [-0.3, -0.25) is 4.57 Å². The van der Waals surface area contributed by atoms with Gasteiger partial charge in [-0.2, -0.15) is 4.36 Å². The summed E-state index contributed by atoms with van der Waals surface area (Å²) in [6.45, 7) is 0. The van der Waals surface area contributed by atoms with Gasteiger partial charge in [0.15, 0.2) is 23.3 Å². The quantitative estimate of drug-likeness (QED) is 0.188. The van der Waals surface area contributed by atoms with Crippen molar-refractivity contribution in [3.8, 4) is 51.0 Å². The van der Waals surface area contributed by atoms with E-state index in [1.807, 2.05) is 140 Å². The van der Waals surface area contributed by atoms with Crippen molar-refractivity contribution in [2.24, 2.45) is 4.36 Å². The zero-order valence-corrected chi connectivity index (χ0v) is 26.5. The maximum absolute atomic E-state index is 15.1. The summed E-state index contributed by atoms with van der Waals surface area (Å²) in [6, 6.07) is 53.8. The second-order valence-corrected chi connectivity index (χ2v) is 13.7. The van der Waals surface area contributed by atoms with Gasteiger partial charge >= 0.3 is 0 Å². The van der Waals surface area contributed by atoms with Crippen molar-refractivity contribution in [1.29, 1.82) is 0 Å². The molecule has 0 bridgehead atoms. The Labute approximate surface area is 278 Å². The molecule has 6 nitrogen and oxygen atoms in total. The molecule has 9 rings (SSSR count). The Morgan fingerprint density at radius 3 is 1.73 bits per heavy atom. The zero-order chi connectivity index (χ0) is 32.1. The molecule has 0 radical (unpaired) electrons. The third-order valence-corrected chi connectivity index (χ3v) is 10.9. The van der Waals surface area contributed by atoms with Crippen molar-refractivity contribution in [2.75, 3.05) is 0 Å². The fourth-order valence-electron chi connectivity index (χ4n) is 6.43. The zero-order valence-electron chi connectivity index (χ0n) is 25.6. The van der Waals surface area contributed by atoms with Crippen molar-refractivity contribution in [1.82, 2.24) is 19.5 Å². The third kappa shape index (κ3) is 4.55. The number of nitrogens with zero attached hydrogens (tertiary/aromatic N) is 5. The molecule has 0 saturated carbocycles. The first-order valence-corrected chi connectivity index (χ1v) is 17.2. The lowest BCUT2D eigenvalue weighted by Crippen LogP contribution is -2.08. The van der Waals surface area contributed by atoms with Crippen LogP contribution in [0, 0.1) is 0 Å². The summed E-state index contributed by atoms with van der Waals surface area (Å²) in [6.07, 6.45) is 0. The Balaban J connectivity index is 1.29. The molecule has 0 aliphatic carbocycles. The van der Waals surface area contributed by atoms with E-state index in [0.717, 1.165) is 49.3 Å². The molecule has 7 heteroatoms. The van der Waals surface area contributed by atoms with E-state index < -0.39 is 9.73 Å². The number of aromatic nitrogens is 4. The van der Waals surface area contributed by atoms with Gasteiger partial charge in [-0.05, 0) is 36.4 Å². The number of rotatable bonds is 5. The van der Waals surface area contributed by atoms with Crippen LogP contribution in [0.15, 0.2) is 178 Å². The molecule has 8 aromatic rings. The minimum absolute atomic E-state index is 0.560. The van der Waals surface area contributed by atoms with Crippen molar-refractivity contribution in [2.45, 2.75) is 9.79 Å². The summed E-state index contributed by atoms with van der Waals surface area (Å²) >= 11 is 0. The highest BCUT2D eigenvalue weighted by molar-refractivity contribution is 7.94. The molecule has 1 aliphatic rings. The maximum Gasteiger partial charge on any atom is 0.164 e. The van der Waals surface area contributed by atoms with Gasteiger partial charge in [0.25, 0.3) is 0 Å². The van der Waals surface area contributed by atoms with Crippen LogP contribution in [0.4, 0.5) is 5.82 Å². The van der Waals surface area contributed by atoms with Gasteiger partial charge in [0.05, 0.1) is 15.3 Å². The van der Waals surface area contributed by atoms with E-state index in [1.165, 1.54) is 0 Å². The molecule has 1 atom stereocenters. The molecule has 0 fully saturated rings. The van der Waals surface area contributed by atoms with Gasteiger partial charge in [0.1, 0.15) is 9.73 Å². The van der Waals surface area contributed by atoms with Gasteiger partial charge in [-0.15, -0.1) is 0 Å². The van der Waals surface area contributed by atoms with Gasteiger partial charge < -0.3 is 0 Å². The molecule has 2 aromatic heterocycles. The Morgan fingerprint density at radius 1 is 0.500 bits per heavy atom. The van der Waals surface area contributed by atoms with E-state index in [9.17, 15) is 0 Å². The molecule has 6 aromatic carbocycles. The first-order chi connectivity index (χ1) is 23.7. The molecular formula is C41H27N5OS. The fourth-order valence-corrected chi connectivity index (χ4v) is 8.56. The highest BCUT2D eigenvalue weighted by Crippen LogP contribution is 2.50. The molecule has 0 N–H and O–H groups in total. The Kier molecular flexibility index (Phi) is 6.59. The largest absolute Gasteiger partial charge is 0.293 e. The van der Waals surface area contributed by atoms with Crippen molar-refractivity contribution >= 4 is 26.4 Å². The summed E-state index contributed by atoms with van der Waals surface area (Å²) in [5.41, 5.74) is 6.39. The number of hydrogen-bond donors (Lipinski definition) is 0. The molecular weight excluding hydrogens is 611 g/mol. The van der Waals surface area contributed by atoms with Crippen LogP contribution in [0.3, 0.4) is 0 Å². The molecule has 3 heterocycles. The van der Waals surface area contributed by atoms with Crippen LogP contribution in [-0.4, -0.2) is 23.7 Å². The van der Waals surface area contributed by atoms with Gasteiger partial charge in [0, 0.05) is 38.9 Å². The van der Waals surface area contributed by atoms with Crippen LogP contribution in [0.5, 0.6) is 0 Å². The van der Waals surface area contributed by atoms with Crippen LogP contribution in [0.25, 0.3) is 61.9 Å². The number of benzene rings is 6. The van der Waals surface area contributed by atoms with E-state index in [4.69, 9.17) is 19.3 Å². The average molecular weight is 638 g/mol. The van der Waals surface area contributed by atoms with Crippen LogP contribution < -0.4 is 0 Å². The lowest BCUT2D eigenvalue weighted by atomic mass is 10.0. The van der Waals surface area contributed by atoms with Crippen LogP contribution >= 0.6 is 0 Å². The minimum Gasteiger partial charge on any atom is -0.293 e. The number of fused-ring (bicyclic) bond motifs is 5. The first-order valence-electron chi connectivity index (χ1n) is 15.7. The SMILES string of the molecule is O=S1(c2ccccc2)=Nc2c(c3ccccc3n2-c2cccc(-c3nc(-c4ccccc4)nc(-c4ccccc4)n3)c2)-c2ccccc21. The standard InChI is InChI=1S/C41H27N5OS/c47-48(32-21-8-3-9-22-32)36-26-13-11-24-34(36)37-33-23-10-12-25-35(33)46(41(37)45-48)31-20-14-19-30(27-31)40-43-38(28-15-4-1-5-16-28)42-39(44-40)29-17-6-2-7-18-29/h1-27H. The highest BCUT2D eigenvalue weighted by Gasteiger charge is 2.31. The lowest BCUT2D eigenvalue weighted by molar-refractivity contribution is 0.676. The van der Waals surface area contributed by atoms with E-state index in [-0.39, 0.29) is 0 Å². The molecule has 1 unspecified atom stereocenters. The number of hydrogen-bond acceptors (Lipinski definition) is 5. The molecule has 48 heavy (non-hydrogen) atoms. The van der Waals surface area contributed by atoms with Crippen molar-refractivity contribution < 1.29 is 4.21 Å². The van der Waals surface area contributed by atoms with Crippen LogP contribution in [0.1, 0.15) is 0 Å². The highest BCUT2D eigenvalue weighted by atomic mass is 32.2. The lowest BCUT2D eigenvalue weighted by Gasteiger charge is -2.21. The third-order valence-electron chi connectivity index (χ3n) is 8.64.